The van der Waals surface area contributed by atoms with Crippen LogP contribution in [0.3, 0.4) is 0 Å². The number of rotatable bonds is 4. The molecule has 0 saturated carbocycles. The van der Waals surface area contributed by atoms with Gasteiger partial charge in [-0.05, 0) is 31.2 Å². The summed E-state index contributed by atoms with van der Waals surface area (Å²) >= 11 is 0. The lowest BCUT2D eigenvalue weighted by Crippen LogP contribution is -2.36. The maximum absolute atomic E-state index is 13.3. The minimum atomic E-state index is -3.54. The summed E-state index contributed by atoms with van der Waals surface area (Å²) in [5.41, 5.74) is 0.0414. The number of carbonyl (C=O) groups excluding carboxylic acids is 1. The van der Waals surface area contributed by atoms with Gasteiger partial charge in [0.1, 0.15) is 5.82 Å². The Hall–Kier alpha value is -1.38. The van der Waals surface area contributed by atoms with Crippen molar-refractivity contribution in [3.05, 3.63) is 29.6 Å². The molecule has 9 heteroatoms. The maximum Gasteiger partial charge on any atom is 0.253 e. The molecule has 1 unspecified atom stereocenters. The molecular formula is C12H17ClFN3O3S. The lowest BCUT2D eigenvalue weighted by molar-refractivity contribution is 0.0940. The van der Waals surface area contributed by atoms with Crippen LogP contribution in [0.4, 0.5) is 10.1 Å². The number of nitrogens with one attached hydrogen (secondary N) is 3. The van der Waals surface area contributed by atoms with Crippen molar-refractivity contribution in [2.45, 2.75) is 12.5 Å². The predicted octanol–water partition coefficient (Wildman–Crippen LogP) is 0.711. The molecule has 1 heterocycles. The van der Waals surface area contributed by atoms with Gasteiger partial charge in [-0.3, -0.25) is 9.52 Å². The topological polar surface area (TPSA) is 87.3 Å². The molecule has 0 aromatic heterocycles. The zero-order valence-corrected chi connectivity index (χ0v) is 13.0. The fourth-order valence-electron chi connectivity index (χ4n) is 2.03. The molecule has 3 N–H and O–H groups in total. The van der Waals surface area contributed by atoms with Crippen LogP contribution in [0.5, 0.6) is 0 Å². The number of benzene rings is 1. The van der Waals surface area contributed by atoms with E-state index in [1.54, 1.807) is 0 Å². The highest BCUT2D eigenvalue weighted by atomic mass is 35.5. The van der Waals surface area contributed by atoms with Gasteiger partial charge in [-0.2, -0.15) is 0 Å². The third-order valence-electron chi connectivity index (χ3n) is 2.92. The molecule has 2 rings (SSSR count). The molecule has 21 heavy (non-hydrogen) atoms. The smallest absolute Gasteiger partial charge is 0.253 e. The van der Waals surface area contributed by atoms with Crippen molar-refractivity contribution in [3.63, 3.8) is 0 Å². The van der Waals surface area contributed by atoms with E-state index in [0.29, 0.717) is 6.54 Å². The molecule has 1 saturated heterocycles. The standard InChI is InChI=1S/C12H16FN3O3S.ClH/c1-20(18,19)16-11-3-2-8(13)6-10(11)12(17)15-9-4-5-14-7-9;/h2-3,6,9,14,16H,4-5,7H2,1H3,(H,15,17);1H. The Balaban J connectivity index is 0.00000220. The molecule has 6 nitrogen and oxygen atoms in total. The quantitative estimate of drug-likeness (QED) is 0.755. The average molecular weight is 338 g/mol. The largest absolute Gasteiger partial charge is 0.348 e. The first kappa shape index (κ1) is 17.7. The van der Waals surface area contributed by atoms with Gasteiger partial charge >= 0.3 is 0 Å². The van der Waals surface area contributed by atoms with E-state index >= 15 is 0 Å². The minimum absolute atomic E-state index is 0. The highest BCUT2D eigenvalue weighted by Gasteiger charge is 2.20. The lowest BCUT2D eigenvalue weighted by Gasteiger charge is -2.14. The molecule has 0 bridgehead atoms. The molecular weight excluding hydrogens is 321 g/mol. The van der Waals surface area contributed by atoms with E-state index in [9.17, 15) is 17.6 Å². The summed E-state index contributed by atoms with van der Waals surface area (Å²) in [7, 11) is -3.54. The van der Waals surface area contributed by atoms with Crippen LogP contribution in [-0.2, 0) is 10.0 Å². The van der Waals surface area contributed by atoms with E-state index in [4.69, 9.17) is 0 Å². The van der Waals surface area contributed by atoms with Crippen molar-refractivity contribution in [1.29, 1.82) is 0 Å². The van der Waals surface area contributed by atoms with Crippen LogP contribution < -0.4 is 15.4 Å². The number of carbonyl (C=O) groups is 1. The van der Waals surface area contributed by atoms with Crippen LogP contribution in [0.1, 0.15) is 16.8 Å². The van der Waals surface area contributed by atoms with Gasteiger partial charge in [0.15, 0.2) is 0 Å². The molecule has 1 amide bonds. The van der Waals surface area contributed by atoms with Gasteiger partial charge in [-0.15, -0.1) is 12.4 Å². The number of sulfonamides is 1. The first-order chi connectivity index (χ1) is 9.35. The zero-order chi connectivity index (χ0) is 14.8. The Labute approximate surface area is 129 Å². The Kier molecular flexibility index (Phi) is 5.94. The Morgan fingerprint density at radius 3 is 2.71 bits per heavy atom. The molecule has 1 aromatic carbocycles. The molecule has 1 aliphatic heterocycles. The Bertz CT molecular complexity index is 618. The van der Waals surface area contributed by atoms with Crippen molar-refractivity contribution in [2.24, 2.45) is 0 Å². The van der Waals surface area contributed by atoms with Crippen molar-refractivity contribution in [1.82, 2.24) is 10.6 Å². The van der Waals surface area contributed by atoms with Gasteiger partial charge < -0.3 is 10.6 Å². The van der Waals surface area contributed by atoms with E-state index in [2.05, 4.69) is 15.4 Å². The van der Waals surface area contributed by atoms with Crippen LogP contribution in [0.15, 0.2) is 18.2 Å². The number of amides is 1. The molecule has 0 radical (unpaired) electrons. The average Bonchev–Trinajstić information content (AvgIpc) is 2.82. The minimum Gasteiger partial charge on any atom is -0.348 e. The van der Waals surface area contributed by atoms with Crippen LogP contribution in [-0.4, -0.2) is 39.7 Å². The zero-order valence-electron chi connectivity index (χ0n) is 11.3. The third kappa shape index (κ3) is 5.14. The summed E-state index contributed by atoms with van der Waals surface area (Å²) in [4.78, 5) is 12.1. The van der Waals surface area contributed by atoms with E-state index in [1.165, 1.54) is 6.07 Å². The van der Waals surface area contributed by atoms with Gasteiger partial charge in [0.25, 0.3) is 5.91 Å². The highest BCUT2D eigenvalue weighted by Crippen LogP contribution is 2.18. The van der Waals surface area contributed by atoms with Gasteiger partial charge in [0, 0.05) is 12.6 Å². The first-order valence-electron chi connectivity index (χ1n) is 6.14. The highest BCUT2D eigenvalue weighted by molar-refractivity contribution is 7.92. The Morgan fingerprint density at radius 1 is 1.43 bits per heavy atom. The van der Waals surface area contributed by atoms with Crippen LogP contribution >= 0.6 is 12.4 Å². The van der Waals surface area contributed by atoms with Crippen molar-refractivity contribution in [3.8, 4) is 0 Å². The fraction of sp³-hybridized carbons (Fsp3) is 0.417. The SMILES string of the molecule is CS(=O)(=O)Nc1ccc(F)cc1C(=O)NC1CCNC1.Cl. The summed E-state index contributed by atoms with van der Waals surface area (Å²) in [6.07, 6.45) is 1.76. The van der Waals surface area contributed by atoms with Gasteiger partial charge in [-0.1, -0.05) is 0 Å². The fourth-order valence-corrected chi connectivity index (χ4v) is 2.61. The summed E-state index contributed by atoms with van der Waals surface area (Å²) in [6.45, 7) is 1.46. The van der Waals surface area contributed by atoms with E-state index < -0.39 is 21.7 Å². The molecule has 1 atom stereocenters. The molecule has 1 fully saturated rings. The van der Waals surface area contributed by atoms with E-state index in [-0.39, 0.29) is 29.7 Å². The molecule has 0 spiro atoms. The van der Waals surface area contributed by atoms with Crippen LogP contribution in [0.2, 0.25) is 0 Å². The van der Waals surface area contributed by atoms with E-state index in [1.807, 2.05) is 0 Å². The number of hydrogen-bond acceptors (Lipinski definition) is 4. The van der Waals surface area contributed by atoms with E-state index in [0.717, 1.165) is 31.4 Å². The maximum atomic E-state index is 13.3. The first-order valence-corrected chi connectivity index (χ1v) is 8.03. The van der Waals surface area contributed by atoms with Crippen LogP contribution in [0, 0.1) is 5.82 Å². The monoisotopic (exact) mass is 337 g/mol. The van der Waals surface area contributed by atoms with Crippen molar-refractivity contribution < 1.29 is 17.6 Å². The third-order valence-corrected chi connectivity index (χ3v) is 3.51. The molecule has 0 aliphatic carbocycles. The van der Waals surface area contributed by atoms with Gasteiger partial charge in [0.05, 0.1) is 17.5 Å². The molecule has 118 valence electrons. The van der Waals surface area contributed by atoms with Crippen molar-refractivity contribution >= 4 is 34.0 Å². The van der Waals surface area contributed by atoms with Gasteiger partial charge in [-0.25, -0.2) is 12.8 Å². The molecule has 1 aromatic rings. The summed E-state index contributed by atoms with van der Waals surface area (Å²) < 4.78 is 38.0. The summed E-state index contributed by atoms with van der Waals surface area (Å²) in [6, 6.07) is 3.32. The normalized spacial score (nSPS) is 17.9. The second-order valence-corrected chi connectivity index (χ2v) is 6.48. The van der Waals surface area contributed by atoms with Crippen LogP contribution in [0.25, 0.3) is 0 Å². The second-order valence-electron chi connectivity index (χ2n) is 4.73. The number of halogens is 2. The number of hydrogen-bond donors (Lipinski definition) is 3. The summed E-state index contributed by atoms with van der Waals surface area (Å²) in [5.74, 6) is -1.09. The summed E-state index contributed by atoms with van der Waals surface area (Å²) in [5, 5.41) is 5.84. The lowest BCUT2D eigenvalue weighted by atomic mass is 10.1. The number of anilines is 1. The predicted molar refractivity (Wildman–Crippen MR) is 80.9 cm³/mol. The molecule has 1 aliphatic rings. The Morgan fingerprint density at radius 2 is 2.14 bits per heavy atom. The second kappa shape index (κ2) is 7.06. The van der Waals surface area contributed by atoms with Crippen molar-refractivity contribution in [2.75, 3.05) is 24.1 Å². The van der Waals surface area contributed by atoms with Gasteiger partial charge in [0.2, 0.25) is 10.0 Å².